The number of benzene rings is 2. The number of ether oxygens (including phenoxy) is 1. The first-order chi connectivity index (χ1) is 14.0. The van der Waals surface area contributed by atoms with Gasteiger partial charge in [0.1, 0.15) is 5.75 Å². The van der Waals surface area contributed by atoms with E-state index in [9.17, 15) is 13.2 Å². The summed E-state index contributed by atoms with van der Waals surface area (Å²) in [7, 11) is -3.53. The summed E-state index contributed by atoms with van der Waals surface area (Å²) in [6, 6.07) is 16.2. The molecule has 7 heteroatoms. The molecule has 0 aliphatic carbocycles. The van der Waals surface area contributed by atoms with Crippen LogP contribution >= 0.6 is 0 Å². The molecule has 1 aliphatic heterocycles. The van der Waals surface area contributed by atoms with Gasteiger partial charge in [0.15, 0.2) is 6.10 Å². The highest BCUT2D eigenvalue weighted by Gasteiger charge is 2.32. The van der Waals surface area contributed by atoms with Crippen LogP contribution in [0, 0.1) is 0 Å². The van der Waals surface area contributed by atoms with E-state index < -0.39 is 16.1 Å². The fourth-order valence-electron chi connectivity index (χ4n) is 3.37. The number of hydrogen-bond donors (Lipinski definition) is 0. The molecular weight excluding hydrogens is 388 g/mol. The monoisotopic (exact) mass is 416 g/mol. The zero-order chi connectivity index (χ0) is 20.9. The Morgan fingerprint density at radius 1 is 0.966 bits per heavy atom. The number of hydrogen-bond acceptors (Lipinski definition) is 4. The Labute approximate surface area is 173 Å². The normalized spacial score (nSPS) is 16.4. The predicted molar refractivity (Wildman–Crippen MR) is 112 cm³/mol. The SMILES string of the molecule is CCc1ccc(O[C@H](CC)C(=O)N2CCN(S(=O)(=O)c3ccccc3)CC2)cc1. The maximum absolute atomic E-state index is 12.9. The fraction of sp³-hybridized carbons (Fsp3) is 0.409. The van der Waals surface area contributed by atoms with Gasteiger partial charge < -0.3 is 9.64 Å². The number of aryl methyl sites for hydroxylation is 1. The van der Waals surface area contributed by atoms with Gasteiger partial charge in [-0.25, -0.2) is 8.42 Å². The van der Waals surface area contributed by atoms with Crippen molar-refractivity contribution in [2.75, 3.05) is 26.2 Å². The highest BCUT2D eigenvalue weighted by Crippen LogP contribution is 2.20. The molecular formula is C22H28N2O4S. The minimum absolute atomic E-state index is 0.0937. The zero-order valence-corrected chi connectivity index (χ0v) is 17.8. The zero-order valence-electron chi connectivity index (χ0n) is 17.0. The molecule has 0 bridgehead atoms. The summed E-state index contributed by atoms with van der Waals surface area (Å²) in [5, 5.41) is 0. The van der Waals surface area contributed by atoms with Crippen LogP contribution in [-0.4, -0.2) is 55.8 Å². The first-order valence-corrected chi connectivity index (χ1v) is 11.5. The van der Waals surface area contributed by atoms with Crippen molar-refractivity contribution in [2.24, 2.45) is 0 Å². The minimum Gasteiger partial charge on any atom is -0.481 e. The number of piperazine rings is 1. The molecule has 0 saturated carbocycles. The number of rotatable bonds is 7. The molecule has 1 fully saturated rings. The Kier molecular flexibility index (Phi) is 6.92. The van der Waals surface area contributed by atoms with Gasteiger partial charge in [-0.05, 0) is 42.7 Å². The van der Waals surface area contributed by atoms with E-state index in [-0.39, 0.29) is 23.9 Å². The highest BCUT2D eigenvalue weighted by atomic mass is 32.2. The summed E-state index contributed by atoms with van der Waals surface area (Å²) < 4.78 is 32.9. The van der Waals surface area contributed by atoms with Crippen LogP contribution in [0.1, 0.15) is 25.8 Å². The Hall–Kier alpha value is -2.38. The number of sulfonamides is 1. The van der Waals surface area contributed by atoms with Crippen LogP contribution in [-0.2, 0) is 21.2 Å². The number of carbonyl (C=O) groups is 1. The summed E-state index contributed by atoms with van der Waals surface area (Å²) in [4.78, 5) is 14.9. The van der Waals surface area contributed by atoms with Gasteiger partial charge in [0, 0.05) is 26.2 Å². The van der Waals surface area contributed by atoms with Crippen molar-refractivity contribution in [3.63, 3.8) is 0 Å². The van der Waals surface area contributed by atoms with Crippen LogP contribution in [0.3, 0.4) is 0 Å². The molecule has 6 nitrogen and oxygen atoms in total. The Balaban J connectivity index is 1.60. The van der Waals surface area contributed by atoms with Crippen LogP contribution in [0.25, 0.3) is 0 Å². The Morgan fingerprint density at radius 3 is 2.14 bits per heavy atom. The lowest BCUT2D eigenvalue weighted by atomic mass is 10.1. The van der Waals surface area contributed by atoms with Gasteiger partial charge in [0.25, 0.3) is 5.91 Å². The van der Waals surface area contributed by atoms with Gasteiger partial charge >= 0.3 is 0 Å². The molecule has 0 N–H and O–H groups in total. The molecule has 0 spiro atoms. The lowest BCUT2D eigenvalue weighted by Gasteiger charge is -2.35. The van der Waals surface area contributed by atoms with Gasteiger partial charge in [-0.2, -0.15) is 4.31 Å². The van der Waals surface area contributed by atoms with Crippen LogP contribution in [0.15, 0.2) is 59.5 Å². The third kappa shape index (κ3) is 4.97. The quantitative estimate of drug-likeness (QED) is 0.696. The maximum atomic E-state index is 12.9. The second-order valence-corrected chi connectivity index (χ2v) is 8.99. The molecule has 1 atom stereocenters. The fourth-order valence-corrected chi connectivity index (χ4v) is 4.81. The van der Waals surface area contributed by atoms with Crippen LogP contribution in [0.2, 0.25) is 0 Å². The largest absolute Gasteiger partial charge is 0.481 e. The third-order valence-electron chi connectivity index (χ3n) is 5.19. The summed E-state index contributed by atoms with van der Waals surface area (Å²) in [5.74, 6) is 0.580. The number of carbonyl (C=O) groups excluding carboxylic acids is 1. The molecule has 2 aromatic carbocycles. The number of amides is 1. The topological polar surface area (TPSA) is 66.9 Å². The molecule has 1 heterocycles. The summed E-state index contributed by atoms with van der Waals surface area (Å²) >= 11 is 0. The van der Waals surface area contributed by atoms with Crippen molar-refractivity contribution in [2.45, 2.75) is 37.7 Å². The van der Waals surface area contributed by atoms with Crippen molar-refractivity contribution >= 4 is 15.9 Å². The minimum atomic E-state index is -3.53. The molecule has 29 heavy (non-hydrogen) atoms. The van der Waals surface area contributed by atoms with Crippen LogP contribution < -0.4 is 4.74 Å². The first-order valence-electron chi connectivity index (χ1n) is 10.0. The second-order valence-electron chi connectivity index (χ2n) is 7.05. The van der Waals surface area contributed by atoms with Crippen molar-refractivity contribution in [1.82, 2.24) is 9.21 Å². The summed E-state index contributed by atoms with van der Waals surface area (Å²) in [5.41, 5.74) is 1.22. The van der Waals surface area contributed by atoms with E-state index in [0.717, 1.165) is 6.42 Å². The molecule has 1 aliphatic rings. The van der Waals surface area contributed by atoms with Crippen molar-refractivity contribution in [1.29, 1.82) is 0 Å². The van der Waals surface area contributed by atoms with E-state index in [1.165, 1.54) is 9.87 Å². The Morgan fingerprint density at radius 2 is 1.59 bits per heavy atom. The summed E-state index contributed by atoms with van der Waals surface area (Å²) in [6.07, 6.45) is 0.934. The first kappa shape index (κ1) is 21.3. The van der Waals surface area contributed by atoms with Gasteiger partial charge in [0.05, 0.1) is 4.90 Å². The lowest BCUT2D eigenvalue weighted by molar-refractivity contribution is -0.140. The average molecular weight is 417 g/mol. The van der Waals surface area contributed by atoms with Gasteiger partial charge in [-0.15, -0.1) is 0 Å². The predicted octanol–water partition coefficient (Wildman–Crippen LogP) is 2.94. The van der Waals surface area contributed by atoms with Crippen molar-refractivity contribution in [3.05, 3.63) is 60.2 Å². The van der Waals surface area contributed by atoms with E-state index in [0.29, 0.717) is 25.3 Å². The van der Waals surface area contributed by atoms with E-state index in [1.807, 2.05) is 31.2 Å². The number of nitrogens with zero attached hydrogens (tertiary/aromatic N) is 2. The highest BCUT2D eigenvalue weighted by molar-refractivity contribution is 7.89. The molecule has 1 saturated heterocycles. The van der Waals surface area contributed by atoms with E-state index in [4.69, 9.17) is 4.74 Å². The summed E-state index contributed by atoms with van der Waals surface area (Å²) in [6.45, 7) is 5.29. The molecule has 0 unspecified atom stereocenters. The van der Waals surface area contributed by atoms with Crippen molar-refractivity contribution in [3.8, 4) is 5.75 Å². The third-order valence-corrected chi connectivity index (χ3v) is 7.10. The molecule has 0 radical (unpaired) electrons. The molecule has 3 rings (SSSR count). The van der Waals surface area contributed by atoms with Crippen molar-refractivity contribution < 1.29 is 17.9 Å². The van der Waals surface area contributed by atoms with Gasteiger partial charge in [0.2, 0.25) is 10.0 Å². The van der Waals surface area contributed by atoms with Gasteiger partial charge in [-0.3, -0.25) is 4.79 Å². The van der Waals surface area contributed by atoms with Gasteiger partial charge in [-0.1, -0.05) is 44.2 Å². The van der Waals surface area contributed by atoms with Crippen LogP contribution in [0.4, 0.5) is 0 Å². The maximum Gasteiger partial charge on any atom is 0.263 e. The molecule has 1 amide bonds. The smallest absolute Gasteiger partial charge is 0.263 e. The Bertz CT molecular complexity index is 906. The van der Waals surface area contributed by atoms with Crippen LogP contribution in [0.5, 0.6) is 5.75 Å². The van der Waals surface area contributed by atoms with E-state index in [2.05, 4.69) is 6.92 Å². The molecule has 2 aromatic rings. The molecule has 156 valence electrons. The lowest BCUT2D eigenvalue weighted by Crippen LogP contribution is -2.53. The average Bonchev–Trinajstić information content (AvgIpc) is 2.78. The standard InChI is InChI=1S/C22H28N2O4S/c1-3-18-10-12-19(13-11-18)28-21(4-2)22(25)23-14-16-24(17-15-23)29(26,27)20-8-6-5-7-9-20/h5-13,21H,3-4,14-17H2,1-2H3/t21-/m1/s1. The molecule has 0 aromatic heterocycles. The van der Waals surface area contributed by atoms with E-state index in [1.54, 1.807) is 35.2 Å². The second kappa shape index (κ2) is 9.41. The van der Waals surface area contributed by atoms with E-state index >= 15 is 0 Å².